The zero-order valence-electron chi connectivity index (χ0n) is 25.0. The van der Waals surface area contributed by atoms with E-state index >= 15 is 0 Å². The number of ether oxygens (including phenoxy) is 1. The molecule has 2 heterocycles. The van der Waals surface area contributed by atoms with E-state index in [2.05, 4.69) is 14.9 Å². The third-order valence-electron chi connectivity index (χ3n) is 6.83. The largest absolute Gasteiger partial charge is 0.493 e. The van der Waals surface area contributed by atoms with Gasteiger partial charge in [0.1, 0.15) is 9.79 Å². The summed E-state index contributed by atoms with van der Waals surface area (Å²) in [6, 6.07) is 3.90. The van der Waals surface area contributed by atoms with E-state index in [0.29, 0.717) is 46.1 Å². The average molecular weight is 777 g/mol. The summed E-state index contributed by atoms with van der Waals surface area (Å²) in [6.45, 7) is 0. The second-order valence-corrected chi connectivity index (χ2v) is 15.7. The van der Waals surface area contributed by atoms with E-state index in [0.717, 1.165) is 13.3 Å². The fourth-order valence-corrected chi connectivity index (χ4v) is 6.81. The van der Waals surface area contributed by atoms with Gasteiger partial charge in [0, 0.05) is 0 Å². The van der Waals surface area contributed by atoms with E-state index < -0.39 is 102 Å². The number of esters is 1. The van der Waals surface area contributed by atoms with Gasteiger partial charge < -0.3 is 9.84 Å². The molecule has 2 aromatic carbocycles. The molecule has 4 rings (SSSR count). The fourth-order valence-electron chi connectivity index (χ4n) is 4.51. The van der Waals surface area contributed by atoms with Crippen LogP contribution in [0.1, 0.15) is 18.4 Å². The first kappa shape index (κ1) is 38.0. The van der Waals surface area contributed by atoms with Gasteiger partial charge >= 0.3 is 5.97 Å². The summed E-state index contributed by atoms with van der Waals surface area (Å²) in [4.78, 5) is 22.1. The number of amides is 1. The molecule has 268 valence electrons. The lowest BCUT2D eigenvalue weighted by molar-refractivity contribution is -0.139. The molecule has 0 bridgehead atoms. The number of hydrogen-bond donors (Lipinski definition) is 5. The Hall–Kier alpha value is -4.82. The number of rotatable bonds is 12. The number of hydrazone groups is 1. The molecule has 0 radical (unpaired) electrons. The van der Waals surface area contributed by atoms with Gasteiger partial charge in [-0.3, -0.25) is 27.8 Å². The van der Waals surface area contributed by atoms with Crippen molar-refractivity contribution in [2.75, 3.05) is 12.1 Å². The lowest BCUT2D eigenvalue weighted by Gasteiger charge is -2.17. The van der Waals surface area contributed by atoms with E-state index in [4.69, 9.17) is 0 Å². The Labute approximate surface area is 283 Å². The second-order valence-electron chi connectivity index (χ2n) is 10.1. The monoisotopic (exact) mass is 776 g/mol. The minimum Gasteiger partial charge on any atom is -0.493 e. The second kappa shape index (κ2) is 13.8. The molecular formula is C26H24N4O16S4. The summed E-state index contributed by atoms with van der Waals surface area (Å²) in [5.41, 5.74) is -1.58. The van der Waals surface area contributed by atoms with Gasteiger partial charge in [0.2, 0.25) is 5.88 Å². The predicted molar refractivity (Wildman–Crippen MR) is 169 cm³/mol. The van der Waals surface area contributed by atoms with Crippen molar-refractivity contribution in [1.82, 2.24) is 9.78 Å². The van der Waals surface area contributed by atoms with Gasteiger partial charge in [0.05, 0.1) is 58.1 Å². The summed E-state index contributed by atoms with van der Waals surface area (Å²) < 4.78 is 138. The maximum atomic E-state index is 13.4. The van der Waals surface area contributed by atoms with Crippen LogP contribution in [0.4, 0.5) is 5.69 Å². The molecule has 1 atom stereocenters. The number of hydrogen-bond acceptors (Lipinski definition) is 14. The van der Waals surface area contributed by atoms with Gasteiger partial charge in [-0.2, -0.15) is 53.6 Å². The Bertz CT molecular complexity index is 2430. The van der Waals surface area contributed by atoms with Gasteiger partial charge in [0.25, 0.3) is 46.4 Å². The molecule has 1 aliphatic rings. The van der Waals surface area contributed by atoms with E-state index in [1.165, 1.54) is 24.3 Å². The number of anilines is 1. The van der Waals surface area contributed by atoms with Crippen LogP contribution in [0.5, 0.6) is 5.88 Å². The number of carbonyl (C=O) groups is 2. The van der Waals surface area contributed by atoms with Crippen molar-refractivity contribution >= 4 is 69.8 Å². The number of aromatic hydroxyl groups is 1. The molecule has 0 spiro atoms. The molecule has 1 aromatic heterocycles. The standard InChI is InChI=1S/C26H24N4O16S4/c1-46-24(31)13-19-18(26(33)30(28-19)21-12-17(48(37,38)39)8-10-23(21)50(43,44)45)6-4-2-3-5-15-14-27-29(25(15)32)20-11-16(47(34,35)36)7-9-22(20)49(40,41)42/h2-5,7-12,14,18,32H,6,13H2,1H3,(H,34,35,36)(H,37,38,39)(H,40,41,42)(H,43,44,45). The van der Waals surface area contributed by atoms with Crippen molar-refractivity contribution in [3.8, 4) is 11.6 Å². The van der Waals surface area contributed by atoms with Gasteiger partial charge in [0.15, 0.2) is 0 Å². The molecule has 1 unspecified atom stereocenters. The number of allylic oxidation sites excluding steroid dienone is 3. The number of carbonyl (C=O) groups excluding carboxylic acids is 2. The van der Waals surface area contributed by atoms with Crippen molar-refractivity contribution < 1.29 is 71.3 Å². The molecule has 24 heteroatoms. The van der Waals surface area contributed by atoms with Crippen LogP contribution in [0, 0.1) is 5.92 Å². The van der Waals surface area contributed by atoms with Crippen LogP contribution in [-0.4, -0.2) is 91.5 Å². The Morgan fingerprint density at radius 2 is 1.38 bits per heavy atom. The van der Waals surface area contributed by atoms with Gasteiger partial charge in [-0.25, -0.2) is 0 Å². The summed E-state index contributed by atoms with van der Waals surface area (Å²) in [7, 11) is -18.7. The normalized spacial score (nSPS) is 16.0. The van der Waals surface area contributed by atoms with E-state index in [-0.39, 0.29) is 17.7 Å². The summed E-state index contributed by atoms with van der Waals surface area (Å²) in [5, 5.41) is 18.9. The Morgan fingerprint density at radius 1 is 0.840 bits per heavy atom. The number of aromatic nitrogens is 2. The molecule has 0 saturated carbocycles. The topological polar surface area (TPSA) is 314 Å². The predicted octanol–water partition coefficient (Wildman–Crippen LogP) is 1.11. The van der Waals surface area contributed by atoms with Crippen molar-refractivity contribution in [3.63, 3.8) is 0 Å². The van der Waals surface area contributed by atoms with Crippen LogP contribution in [0.2, 0.25) is 0 Å². The minimum atomic E-state index is -5.07. The number of methoxy groups -OCH3 is 1. The van der Waals surface area contributed by atoms with Crippen molar-refractivity contribution in [1.29, 1.82) is 0 Å². The maximum absolute atomic E-state index is 13.4. The first-order chi connectivity index (χ1) is 23.0. The SMILES string of the molecule is COC(=O)CC1=NN(c2cc(S(=O)(=O)O)ccc2S(=O)(=O)O)C(=O)C1CC=CC=Cc1cnn(-c2cc(S(=O)(=O)O)ccc2S(=O)(=O)O)c1O. The Morgan fingerprint density at radius 3 is 1.90 bits per heavy atom. The van der Waals surface area contributed by atoms with Crippen molar-refractivity contribution in [2.24, 2.45) is 11.0 Å². The lowest BCUT2D eigenvalue weighted by atomic mass is 9.96. The lowest BCUT2D eigenvalue weighted by Crippen LogP contribution is -2.29. The number of benzene rings is 2. The Kier molecular flexibility index (Phi) is 10.5. The highest BCUT2D eigenvalue weighted by molar-refractivity contribution is 7.87. The van der Waals surface area contributed by atoms with Crippen LogP contribution in [0.25, 0.3) is 11.8 Å². The molecule has 0 fully saturated rings. The molecule has 5 N–H and O–H groups in total. The highest BCUT2D eigenvalue weighted by Crippen LogP contribution is 2.34. The number of nitrogens with zero attached hydrogens (tertiary/aromatic N) is 4. The van der Waals surface area contributed by atoms with E-state index in [1.807, 2.05) is 0 Å². The van der Waals surface area contributed by atoms with E-state index in [9.17, 15) is 66.6 Å². The van der Waals surface area contributed by atoms with Crippen LogP contribution >= 0.6 is 0 Å². The van der Waals surface area contributed by atoms with Crippen LogP contribution in [-0.2, 0) is 54.8 Å². The zero-order valence-corrected chi connectivity index (χ0v) is 28.3. The third kappa shape index (κ3) is 8.30. The molecule has 1 amide bonds. The van der Waals surface area contributed by atoms with Gasteiger partial charge in [-0.05, 0) is 48.9 Å². The van der Waals surface area contributed by atoms with Gasteiger partial charge in [-0.1, -0.05) is 18.2 Å². The highest BCUT2D eigenvalue weighted by atomic mass is 32.2. The van der Waals surface area contributed by atoms with E-state index in [1.54, 1.807) is 0 Å². The molecule has 1 aliphatic heterocycles. The van der Waals surface area contributed by atoms with Crippen molar-refractivity contribution in [2.45, 2.75) is 32.4 Å². The molecule has 0 saturated heterocycles. The van der Waals surface area contributed by atoms with Crippen molar-refractivity contribution in [3.05, 3.63) is 66.4 Å². The molecule has 20 nitrogen and oxygen atoms in total. The first-order valence-corrected chi connectivity index (χ1v) is 19.1. The summed E-state index contributed by atoms with van der Waals surface area (Å²) in [6.07, 6.45) is 5.51. The smallest absolute Gasteiger partial charge is 0.311 e. The first-order valence-electron chi connectivity index (χ1n) is 13.3. The van der Waals surface area contributed by atoms with Crippen LogP contribution < -0.4 is 5.01 Å². The maximum Gasteiger partial charge on any atom is 0.311 e. The van der Waals surface area contributed by atoms with Crippen LogP contribution in [0.15, 0.2) is 85.5 Å². The molecule has 50 heavy (non-hydrogen) atoms. The fraction of sp³-hybridized carbons (Fsp3) is 0.154. The van der Waals surface area contributed by atoms with Crippen LogP contribution in [0.3, 0.4) is 0 Å². The third-order valence-corrected chi connectivity index (χ3v) is 10.3. The highest BCUT2D eigenvalue weighted by Gasteiger charge is 2.39. The minimum absolute atomic E-state index is 0.0688. The molecular weight excluding hydrogens is 753 g/mol. The summed E-state index contributed by atoms with van der Waals surface area (Å²) >= 11 is 0. The quantitative estimate of drug-likeness (QED) is 0.0977. The molecule has 3 aromatic rings. The molecule has 0 aliphatic carbocycles. The summed E-state index contributed by atoms with van der Waals surface area (Å²) in [5.74, 6) is -3.80. The zero-order chi connectivity index (χ0) is 37.4. The average Bonchev–Trinajstić information content (AvgIpc) is 3.52. The van der Waals surface area contributed by atoms with Gasteiger partial charge in [-0.15, -0.1) is 0 Å². The Balaban J connectivity index is 1.63.